The number of imidazole rings is 1. The van der Waals surface area contributed by atoms with E-state index < -0.39 is 5.97 Å². The van der Waals surface area contributed by atoms with Gasteiger partial charge in [0.15, 0.2) is 0 Å². The Kier molecular flexibility index (Phi) is 5.88. The minimum atomic E-state index is -0.881. The molecule has 2 aliphatic rings. The van der Waals surface area contributed by atoms with Gasteiger partial charge in [0, 0.05) is 30.6 Å². The number of carboxylic acid groups (broad SMARTS) is 1. The first-order chi connectivity index (χ1) is 17.3. The van der Waals surface area contributed by atoms with Crippen molar-refractivity contribution in [3.05, 3.63) is 70.0 Å². The minimum absolute atomic E-state index is 0.335. The molecule has 2 saturated carbocycles. The highest BCUT2D eigenvalue weighted by atomic mass is 32.1. The van der Waals surface area contributed by atoms with Crippen LogP contribution in [-0.4, -0.2) is 25.6 Å². The number of carboxylic acids is 1. The molecule has 0 bridgehead atoms. The van der Waals surface area contributed by atoms with Gasteiger partial charge in [-0.25, -0.2) is 14.8 Å². The summed E-state index contributed by atoms with van der Waals surface area (Å²) in [6, 6.07) is 14.3. The van der Waals surface area contributed by atoms with Crippen LogP contribution < -0.4 is 10.0 Å². The zero-order valence-corrected chi connectivity index (χ0v) is 22.5. The summed E-state index contributed by atoms with van der Waals surface area (Å²) in [5.74, 6) is 1.85. The Morgan fingerprint density at radius 2 is 2.03 bits per heavy atom. The fourth-order valence-electron chi connectivity index (χ4n) is 5.90. The average Bonchev–Trinajstić information content (AvgIpc) is 3.22. The lowest BCUT2D eigenvalue weighted by molar-refractivity contribution is 0.0702. The Labute approximate surface area is 216 Å². The van der Waals surface area contributed by atoms with Gasteiger partial charge >= 0.3 is 5.97 Å². The first-order valence-electron chi connectivity index (χ1n) is 12.5. The number of carbonyl (C=O) groups is 1. The first kappa shape index (κ1) is 23.6. The number of nitrogens with zero attached hydrogens (tertiary/aromatic N) is 3. The van der Waals surface area contributed by atoms with E-state index in [-0.39, 0.29) is 0 Å². The Morgan fingerprint density at radius 1 is 1.22 bits per heavy atom. The topological polar surface area (TPSA) is 77.2 Å². The fraction of sp³-hybridized carbons (Fsp3) is 0.393. The second-order valence-electron chi connectivity index (χ2n) is 10.4. The highest BCUT2D eigenvalue weighted by Crippen LogP contribution is 2.67. The number of aryl methyl sites for hydroxylation is 2. The van der Waals surface area contributed by atoms with Gasteiger partial charge < -0.3 is 14.4 Å². The number of ether oxygens (including phenoxy) is 1. The van der Waals surface area contributed by atoms with Crippen molar-refractivity contribution in [1.82, 2.24) is 14.5 Å². The smallest absolute Gasteiger partial charge is 0.346 e. The number of aromatic nitrogens is 3. The molecule has 0 amide bonds. The molecule has 0 saturated heterocycles. The maximum absolute atomic E-state index is 11.3. The maximum Gasteiger partial charge on any atom is 0.346 e. The highest BCUT2D eigenvalue weighted by Gasteiger charge is 2.57. The molecule has 0 aliphatic heterocycles. The van der Waals surface area contributed by atoms with Crippen LogP contribution in [0, 0.1) is 12.3 Å². The Morgan fingerprint density at radius 3 is 2.75 bits per heavy atom. The number of pyridine rings is 1. The predicted octanol–water partition coefficient (Wildman–Crippen LogP) is 5.95. The molecule has 4 aromatic rings. The van der Waals surface area contributed by atoms with Gasteiger partial charge in [0.1, 0.15) is 22.1 Å². The van der Waals surface area contributed by atoms with Crippen molar-refractivity contribution in [2.75, 3.05) is 0 Å². The molecular weight excluding hydrogens is 489 g/mol. The minimum Gasteiger partial charge on any atom is -0.477 e. The first-order valence-corrected chi connectivity index (χ1v) is 13.9. The number of rotatable bonds is 6. The Hall–Kier alpha value is -2.76. The molecule has 36 heavy (non-hydrogen) atoms. The molecular formula is C28H30N3O3PS. The van der Waals surface area contributed by atoms with E-state index in [1.165, 1.54) is 36.2 Å². The summed E-state index contributed by atoms with van der Waals surface area (Å²) in [6.07, 6.45) is 5.78. The van der Waals surface area contributed by atoms with Crippen LogP contribution in [0.4, 0.5) is 0 Å². The summed E-state index contributed by atoms with van der Waals surface area (Å²) in [5.41, 5.74) is 4.80. The van der Waals surface area contributed by atoms with Crippen molar-refractivity contribution in [2.24, 2.45) is 12.5 Å². The third kappa shape index (κ3) is 4.22. The van der Waals surface area contributed by atoms with Crippen molar-refractivity contribution in [2.45, 2.75) is 57.5 Å². The van der Waals surface area contributed by atoms with Crippen LogP contribution in [0.3, 0.4) is 0 Å². The Balaban J connectivity index is 1.10. The molecule has 2 unspecified atom stereocenters. The van der Waals surface area contributed by atoms with E-state index in [0.717, 1.165) is 45.6 Å². The number of hydrogen-bond acceptors (Lipinski definition) is 5. The van der Waals surface area contributed by atoms with E-state index in [9.17, 15) is 9.90 Å². The highest BCUT2D eigenvalue weighted by molar-refractivity contribution is 7.27. The molecule has 2 aliphatic carbocycles. The summed E-state index contributed by atoms with van der Waals surface area (Å²) in [6.45, 7) is 2.61. The van der Waals surface area contributed by atoms with Gasteiger partial charge in [0.2, 0.25) is 5.88 Å². The maximum atomic E-state index is 11.3. The van der Waals surface area contributed by atoms with Gasteiger partial charge in [-0.05, 0) is 67.4 Å². The molecule has 186 valence electrons. The molecule has 3 heterocycles. The van der Waals surface area contributed by atoms with Gasteiger partial charge in [-0.2, -0.15) is 0 Å². The van der Waals surface area contributed by atoms with Crippen molar-refractivity contribution < 1.29 is 14.6 Å². The van der Waals surface area contributed by atoms with Crippen LogP contribution >= 0.6 is 20.6 Å². The molecule has 1 spiro atoms. The molecule has 6 nitrogen and oxygen atoms in total. The molecule has 3 aromatic heterocycles. The van der Waals surface area contributed by atoms with Crippen LogP contribution in [0.5, 0.6) is 5.88 Å². The number of benzene rings is 1. The largest absolute Gasteiger partial charge is 0.477 e. The number of hydrogen-bond donors (Lipinski definition) is 1. The average molecular weight is 520 g/mol. The van der Waals surface area contributed by atoms with Gasteiger partial charge in [-0.3, -0.25) is 0 Å². The lowest BCUT2D eigenvalue weighted by atomic mass is 9.77. The van der Waals surface area contributed by atoms with Crippen molar-refractivity contribution in [3.63, 3.8) is 0 Å². The standard InChI is InChI=1S/C28H30N3O3PS/c1-16-6-7-18(22(35)12-16)15-34-24-5-3-4-20(29-24)17-8-10-28(11-9-17)14-19(28)25-30-26-21(31(25)2)13-23(36-26)27(32)33/h3-7,12-13,17,19H,8-11,14-15,35H2,1-2H3,(H,32,33). The monoisotopic (exact) mass is 519 g/mol. The third-order valence-electron chi connectivity index (χ3n) is 8.15. The molecule has 8 heteroatoms. The predicted molar refractivity (Wildman–Crippen MR) is 146 cm³/mol. The van der Waals surface area contributed by atoms with Crippen LogP contribution in [0.2, 0.25) is 0 Å². The summed E-state index contributed by atoms with van der Waals surface area (Å²) >= 11 is 1.27. The zero-order valence-electron chi connectivity index (χ0n) is 20.5. The van der Waals surface area contributed by atoms with Crippen LogP contribution in [0.15, 0.2) is 42.5 Å². The second-order valence-corrected chi connectivity index (χ2v) is 12.1. The number of fused-ring (bicyclic) bond motifs is 1. The van der Waals surface area contributed by atoms with Crippen LogP contribution in [0.1, 0.15) is 76.3 Å². The van der Waals surface area contributed by atoms with Crippen molar-refractivity contribution >= 4 is 42.2 Å². The Bertz CT molecular complexity index is 1470. The van der Waals surface area contributed by atoms with E-state index in [1.54, 1.807) is 6.07 Å². The molecule has 2 fully saturated rings. The van der Waals surface area contributed by atoms with E-state index in [2.05, 4.69) is 51.1 Å². The molecule has 1 N–H and O–H groups in total. The lowest BCUT2D eigenvalue weighted by Crippen LogP contribution is -2.17. The SMILES string of the molecule is Cc1ccc(COc2cccc(C3CCC4(CC3)CC4c3nc4sc(C(=O)O)cc4n3C)n2)c(P)c1. The van der Waals surface area contributed by atoms with Gasteiger partial charge in [-0.15, -0.1) is 20.6 Å². The van der Waals surface area contributed by atoms with Crippen molar-refractivity contribution in [1.29, 1.82) is 0 Å². The normalized spacial score (nSPS) is 23.3. The third-order valence-corrected chi connectivity index (χ3v) is 9.69. The van der Waals surface area contributed by atoms with Gasteiger partial charge in [0.25, 0.3) is 0 Å². The van der Waals surface area contributed by atoms with E-state index in [4.69, 9.17) is 14.7 Å². The molecule has 2 atom stereocenters. The van der Waals surface area contributed by atoms with Crippen LogP contribution in [-0.2, 0) is 13.7 Å². The second kappa shape index (κ2) is 8.97. The summed E-state index contributed by atoms with van der Waals surface area (Å²) in [5, 5.41) is 10.4. The lowest BCUT2D eigenvalue weighted by Gasteiger charge is -2.29. The number of aromatic carboxylic acids is 1. The molecule has 0 radical (unpaired) electrons. The zero-order chi connectivity index (χ0) is 25.0. The molecule has 1 aromatic carbocycles. The summed E-state index contributed by atoms with van der Waals surface area (Å²) < 4.78 is 8.17. The summed E-state index contributed by atoms with van der Waals surface area (Å²) in [4.78, 5) is 22.2. The summed E-state index contributed by atoms with van der Waals surface area (Å²) in [7, 11) is 4.81. The van der Waals surface area contributed by atoms with E-state index >= 15 is 0 Å². The van der Waals surface area contributed by atoms with Gasteiger partial charge in [0.05, 0.1) is 5.52 Å². The molecule has 6 rings (SSSR count). The quantitative estimate of drug-likeness (QED) is 0.319. The van der Waals surface area contributed by atoms with E-state index in [1.807, 2.05) is 13.1 Å². The van der Waals surface area contributed by atoms with Gasteiger partial charge in [-0.1, -0.05) is 29.8 Å². The fourth-order valence-corrected chi connectivity index (χ4v) is 7.25. The van der Waals surface area contributed by atoms with Crippen LogP contribution in [0.25, 0.3) is 10.3 Å². The van der Waals surface area contributed by atoms with Crippen molar-refractivity contribution in [3.8, 4) is 5.88 Å². The van der Waals surface area contributed by atoms with E-state index in [0.29, 0.717) is 34.6 Å². The number of thiophene rings is 1.